The Balaban J connectivity index is 2.91. The lowest BCUT2D eigenvalue weighted by Crippen LogP contribution is -1.82. The molecule has 0 aliphatic heterocycles. The average Bonchev–Trinajstić information content (AvgIpc) is 2.40. The van der Waals surface area contributed by atoms with Crippen LogP contribution in [-0.4, -0.2) is 0 Å². The van der Waals surface area contributed by atoms with E-state index in [1.807, 2.05) is 6.07 Å². The zero-order valence-corrected chi connectivity index (χ0v) is 8.12. The van der Waals surface area contributed by atoms with Gasteiger partial charge in [-0.25, -0.2) is 0 Å². The molecule has 2 nitrogen and oxygen atoms in total. The predicted molar refractivity (Wildman–Crippen MR) is 56.0 cm³/mol. The molecule has 13 heavy (non-hydrogen) atoms. The van der Waals surface area contributed by atoms with Crippen LogP contribution < -0.4 is 5.73 Å². The number of benzene rings is 1. The second kappa shape index (κ2) is 2.91. The lowest BCUT2D eigenvalue weighted by atomic mass is 10.2. The van der Waals surface area contributed by atoms with Crippen molar-refractivity contribution in [2.75, 3.05) is 5.73 Å². The van der Waals surface area contributed by atoms with E-state index in [2.05, 4.69) is 6.07 Å². The molecule has 4 heteroatoms. The van der Waals surface area contributed by atoms with Crippen LogP contribution in [0.4, 0.5) is 5.69 Å². The number of nitrogen functional groups attached to an aromatic ring is 1. The van der Waals surface area contributed by atoms with Crippen LogP contribution in [0, 0.1) is 11.3 Å². The molecule has 64 valence electrons. The number of halogens is 1. The topological polar surface area (TPSA) is 49.8 Å². The first-order valence-electron chi connectivity index (χ1n) is 3.60. The maximum absolute atomic E-state index is 8.83. The second-order valence-corrected chi connectivity index (χ2v) is 4.27. The summed E-state index contributed by atoms with van der Waals surface area (Å²) in [5, 5.41) is 9.67. The zero-order chi connectivity index (χ0) is 9.42. The van der Waals surface area contributed by atoms with Gasteiger partial charge in [-0.3, -0.25) is 0 Å². The molecule has 0 radical (unpaired) electrons. The van der Waals surface area contributed by atoms with Gasteiger partial charge in [0, 0.05) is 15.8 Å². The highest BCUT2D eigenvalue weighted by Crippen LogP contribution is 2.35. The molecule has 2 aromatic rings. The highest BCUT2D eigenvalue weighted by molar-refractivity contribution is 7.23. The minimum Gasteiger partial charge on any atom is -0.399 e. The molecular weight excluding hydrogens is 204 g/mol. The van der Waals surface area contributed by atoms with Crippen LogP contribution in [0.1, 0.15) is 5.56 Å². The summed E-state index contributed by atoms with van der Waals surface area (Å²) >= 11 is 7.27. The van der Waals surface area contributed by atoms with Crippen LogP contribution in [0.15, 0.2) is 18.2 Å². The first kappa shape index (κ1) is 8.36. The number of rotatable bonds is 0. The molecule has 0 saturated heterocycles. The number of anilines is 1. The molecule has 0 aliphatic carbocycles. The molecular formula is C9H5ClN2S. The number of fused-ring (bicyclic) bond motifs is 1. The number of nitrogens with zero attached hydrogens (tertiary/aromatic N) is 1. The Morgan fingerprint density at radius 1 is 1.46 bits per heavy atom. The third kappa shape index (κ3) is 1.24. The third-order valence-electron chi connectivity index (χ3n) is 1.78. The summed E-state index contributed by atoms with van der Waals surface area (Å²) < 4.78 is 1.53. The fraction of sp³-hybridized carbons (Fsp3) is 0. The van der Waals surface area contributed by atoms with Crippen molar-refractivity contribution in [3.05, 3.63) is 28.1 Å². The van der Waals surface area contributed by atoms with Crippen LogP contribution >= 0.6 is 22.9 Å². The molecule has 0 bridgehead atoms. The largest absolute Gasteiger partial charge is 0.399 e. The van der Waals surface area contributed by atoms with E-state index in [1.54, 1.807) is 12.1 Å². The maximum Gasteiger partial charge on any atom is 0.112 e. The standard InChI is InChI=1S/C9H5ClN2S/c10-9-7(4-11)6-3-5(12)1-2-8(6)13-9/h1-3H,12H2. The molecule has 0 unspecified atom stereocenters. The van der Waals surface area contributed by atoms with E-state index in [4.69, 9.17) is 22.6 Å². The van der Waals surface area contributed by atoms with Crippen LogP contribution in [0.5, 0.6) is 0 Å². The van der Waals surface area contributed by atoms with Gasteiger partial charge >= 0.3 is 0 Å². The van der Waals surface area contributed by atoms with Gasteiger partial charge in [0.1, 0.15) is 10.4 Å². The molecule has 2 N–H and O–H groups in total. The molecule has 1 aromatic carbocycles. The van der Waals surface area contributed by atoms with Crippen molar-refractivity contribution in [3.63, 3.8) is 0 Å². The number of hydrogen-bond acceptors (Lipinski definition) is 3. The first-order valence-corrected chi connectivity index (χ1v) is 4.79. The molecule has 1 aromatic heterocycles. The molecule has 0 atom stereocenters. The van der Waals surface area contributed by atoms with Gasteiger partial charge in [0.25, 0.3) is 0 Å². The van der Waals surface area contributed by atoms with E-state index < -0.39 is 0 Å². The van der Waals surface area contributed by atoms with Gasteiger partial charge in [0.15, 0.2) is 0 Å². The van der Waals surface area contributed by atoms with Crippen LogP contribution in [-0.2, 0) is 0 Å². The Hall–Kier alpha value is -1.24. The third-order valence-corrected chi connectivity index (χ3v) is 3.16. The monoisotopic (exact) mass is 208 g/mol. The average molecular weight is 209 g/mol. The normalized spacial score (nSPS) is 10.2. The van der Waals surface area contributed by atoms with Gasteiger partial charge in [-0.2, -0.15) is 5.26 Å². The number of thiophene rings is 1. The van der Waals surface area contributed by atoms with Crippen molar-refractivity contribution >= 4 is 38.7 Å². The van der Waals surface area contributed by atoms with Gasteiger partial charge in [-0.05, 0) is 18.2 Å². The van der Waals surface area contributed by atoms with Gasteiger partial charge in [0.2, 0.25) is 0 Å². The lowest BCUT2D eigenvalue weighted by Gasteiger charge is -1.92. The minimum absolute atomic E-state index is 0.522. The van der Waals surface area contributed by atoms with Crippen LogP contribution in [0.2, 0.25) is 4.34 Å². The van der Waals surface area contributed by atoms with Gasteiger partial charge < -0.3 is 5.73 Å². The minimum atomic E-state index is 0.522. The van der Waals surface area contributed by atoms with E-state index in [0.29, 0.717) is 15.6 Å². The highest BCUT2D eigenvalue weighted by atomic mass is 35.5. The summed E-state index contributed by atoms with van der Waals surface area (Å²) in [4.78, 5) is 0. The second-order valence-electron chi connectivity index (χ2n) is 2.62. The van der Waals surface area contributed by atoms with Crippen molar-refractivity contribution in [1.82, 2.24) is 0 Å². The predicted octanol–water partition coefficient (Wildman–Crippen LogP) is 3.01. The number of nitrogens with two attached hydrogens (primary N) is 1. The van der Waals surface area contributed by atoms with E-state index in [1.165, 1.54) is 11.3 Å². The summed E-state index contributed by atoms with van der Waals surface area (Å²) in [6, 6.07) is 7.52. The highest BCUT2D eigenvalue weighted by Gasteiger charge is 2.09. The van der Waals surface area contributed by atoms with Gasteiger partial charge in [-0.1, -0.05) is 11.6 Å². The summed E-state index contributed by atoms with van der Waals surface area (Å²) in [6.45, 7) is 0. The Kier molecular flexibility index (Phi) is 1.87. The fourth-order valence-corrected chi connectivity index (χ4v) is 2.44. The fourth-order valence-electron chi connectivity index (χ4n) is 1.19. The molecule has 0 spiro atoms. The van der Waals surface area contributed by atoms with Gasteiger partial charge in [0.05, 0.1) is 5.56 Å². The maximum atomic E-state index is 8.83. The summed E-state index contributed by atoms with van der Waals surface area (Å²) in [6.07, 6.45) is 0. The number of hydrogen-bond donors (Lipinski definition) is 1. The van der Waals surface area contributed by atoms with Crippen molar-refractivity contribution < 1.29 is 0 Å². The molecule has 2 rings (SSSR count). The van der Waals surface area contributed by atoms with Crippen molar-refractivity contribution in [1.29, 1.82) is 5.26 Å². The molecule has 0 amide bonds. The van der Waals surface area contributed by atoms with Crippen molar-refractivity contribution in [2.24, 2.45) is 0 Å². The molecule has 1 heterocycles. The lowest BCUT2D eigenvalue weighted by molar-refractivity contribution is 1.52. The van der Waals surface area contributed by atoms with Crippen LogP contribution in [0.3, 0.4) is 0 Å². The van der Waals surface area contributed by atoms with E-state index in [9.17, 15) is 0 Å². The quantitative estimate of drug-likeness (QED) is 0.677. The number of nitriles is 1. The Labute approximate surface area is 84.2 Å². The SMILES string of the molecule is N#Cc1c(Cl)sc2ccc(N)cc12. The van der Waals surface area contributed by atoms with E-state index in [-0.39, 0.29) is 0 Å². The summed E-state index contributed by atoms with van der Waals surface area (Å²) in [7, 11) is 0. The molecule has 0 fully saturated rings. The van der Waals surface area contributed by atoms with Crippen molar-refractivity contribution in [3.8, 4) is 6.07 Å². The summed E-state index contributed by atoms with van der Waals surface area (Å²) in [5.74, 6) is 0. The molecule has 0 saturated carbocycles. The van der Waals surface area contributed by atoms with Crippen molar-refractivity contribution in [2.45, 2.75) is 0 Å². The van der Waals surface area contributed by atoms with E-state index in [0.717, 1.165) is 10.1 Å². The summed E-state index contributed by atoms with van der Waals surface area (Å²) in [5.41, 5.74) is 6.78. The Morgan fingerprint density at radius 3 is 2.92 bits per heavy atom. The Morgan fingerprint density at radius 2 is 2.23 bits per heavy atom. The Bertz CT molecular complexity index is 510. The first-order chi connectivity index (χ1) is 6.22. The van der Waals surface area contributed by atoms with E-state index >= 15 is 0 Å². The molecule has 0 aliphatic rings. The smallest absolute Gasteiger partial charge is 0.112 e. The van der Waals surface area contributed by atoms with Gasteiger partial charge in [-0.15, -0.1) is 11.3 Å². The zero-order valence-electron chi connectivity index (χ0n) is 6.54. The van der Waals surface area contributed by atoms with Crippen LogP contribution in [0.25, 0.3) is 10.1 Å².